The van der Waals surface area contributed by atoms with Crippen LogP contribution in [0.1, 0.15) is 32.1 Å². The van der Waals surface area contributed by atoms with Gasteiger partial charge in [-0.1, -0.05) is 6.42 Å². The average molecular weight is 272 g/mol. The molecule has 2 N–H and O–H groups in total. The summed E-state index contributed by atoms with van der Waals surface area (Å²) in [6.07, 6.45) is 5.62. The summed E-state index contributed by atoms with van der Waals surface area (Å²) in [5, 5.41) is 0. The summed E-state index contributed by atoms with van der Waals surface area (Å²) in [4.78, 5) is 2.49. The molecule has 2 heterocycles. The van der Waals surface area contributed by atoms with E-state index in [1.54, 1.807) is 0 Å². The number of nitrogens with zero attached hydrogens (tertiary/aromatic N) is 1. The zero-order chi connectivity index (χ0) is 12.8. The minimum atomic E-state index is -2.72. The van der Waals surface area contributed by atoms with E-state index < -0.39 is 9.84 Å². The molecule has 1 spiro atoms. The standard InChI is InChI=1S/C13H24N2O2S/c14-12-9-15(10-13(12)4-1-5-13)8-11-2-6-18(16,17)7-3-11/h11-12H,1-10,14H2. The molecule has 0 bridgehead atoms. The molecule has 1 unspecified atom stereocenters. The van der Waals surface area contributed by atoms with Crippen LogP contribution in [0.15, 0.2) is 0 Å². The third-order valence-corrected chi connectivity index (χ3v) is 7.04. The number of hydrogen-bond donors (Lipinski definition) is 1. The molecule has 1 aliphatic carbocycles. The van der Waals surface area contributed by atoms with Crippen LogP contribution in [0, 0.1) is 11.3 Å². The molecular formula is C13H24N2O2S. The van der Waals surface area contributed by atoms with Crippen molar-refractivity contribution >= 4 is 9.84 Å². The van der Waals surface area contributed by atoms with Gasteiger partial charge in [-0.05, 0) is 37.0 Å². The van der Waals surface area contributed by atoms with Gasteiger partial charge in [0, 0.05) is 25.7 Å². The molecule has 0 aromatic carbocycles. The van der Waals surface area contributed by atoms with E-state index in [4.69, 9.17) is 5.73 Å². The number of sulfone groups is 1. The molecule has 0 aromatic rings. The van der Waals surface area contributed by atoms with Gasteiger partial charge in [0.15, 0.2) is 0 Å². The highest BCUT2D eigenvalue weighted by atomic mass is 32.2. The Kier molecular flexibility index (Phi) is 3.19. The first kappa shape index (κ1) is 12.9. The summed E-state index contributed by atoms with van der Waals surface area (Å²) in [7, 11) is -2.72. The van der Waals surface area contributed by atoms with Crippen molar-refractivity contribution in [2.75, 3.05) is 31.1 Å². The van der Waals surface area contributed by atoms with Gasteiger partial charge in [-0.3, -0.25) is 0 Å². The molecule has 3 rings (SSSR count). The van der Waals surface area contributed by atoms with Crippen LogP contribution in [0.5, 0.6) is 0 Å². The van der Waals surface area contributed by atoms with Gasteiger partial charge in [-0.15, -0.1) is 0 Å². The van der Waals surface area contributed by atoms with Crippen molar-refractivity contribution in [3.8, 4) is 0 Å². The second-order valence-electron chi connectivity index (χ2n) is 6.61. The van der Waals surface area contributed by atoms with Crippen LogP contribution in [0.3, 0.4) is 0 Å². The highest BCUT2D eigenvalue weighted by molar-refractivity contribution is 7.91. The Labute approximate surface area is 110 Å². The molecule has 1 saturated carbocycles. The summed E-state index contributed by atoms with van der Waals surface area (Å²) < 4.78 is 22.8. The lowest BCUT2D eigenvalue weighted by Gasteiger charge is -2.41. The van der Waals surface area contributed by atoms with Crippen molar-refractivity contribution in [2.24, 2.45) is 17.1 Å². The normalized spacial score (nSPS) is 35.7. The Morgan fingerprint density at radius 2 is 1.89 bits per heavy atom. The smallest absolute Gasteiger partial charge is 0.150 e. The molecule has 1 atom stereocenters. The van der Waals surface area contributed by atoms with Crippen molar-refractivity contribution in [1.82, 2.24) is 4.90 Å². The Morgan fingerprint density at radius 3 is 2.39 bits per heavy atom. The van der Waals surface area contributed by atoms with Gasteiger partial charge in [0.05, 0.1) is 11.5 Å². The molecule has 3 fully saturated rings. The maximum absolute atomic E-state index is 11.4. The summed E-state index contributed by atoms with van der Waals surface area (Å²) in [5.74, 6) is 1.35. The van der Waals surface area contributed by atoms with Crippen LogP contribution < -0.4 is 5.73 Å². The van der Waals surface area contributed by atoms with Gasteiger partial charge >= 0.3 is 0 Å². The Hall–Kier alpha value is -0.130. The molecule has 18 heavy (non-hydrogen) atoms. The lowest BCUT2D eigenvalue weighted by atomic mass is 9.66. The Morgan fingerprint density at radius 1 is 1.22 bits per heavy atom. The number of likely N-dealkylation sites (tertiary alicyclic amines) is 1. The largest absolute Gasteiger partial charge is 0.326 e. The monoisotopic (exact) mass is 272 g/mol. The third-order valence-electron chi connectivity index (χ3n) is 5.32. The number of rotatable bonds is 2. The summed E-state index contributed by atoms with van der Waals surface area (Å²) in [6.45, 7) is 3.23. The summed E-state index contributed by atoms with van der Waals surface area (Å²) in [6, 6.07) is 0.346. The fourth-order valence-electron chi connectivity index (χ4n) is 3.88. The van der Waals surface area contributed by atoms with Crippen molar-refractivity contribution in [3.63, 3.8) is 0 Å². The van der Waals surface area contributed by atoms with Crippen molar-refractivity contribution < 1.29 is 8.42 Å². The molecule has 2 aliphatic heterocycles. The van der Waals surface area contributed by atoms with Crippen molar-refractivity contribution in [2.45, 2.75) is 38.1 Å². The first-order valence-electron chi connectivity index (χ1n) is 7.18. The highest BCUT2D eigenvalue weighted by Crippen LogP contribution is 2.47. The van der Waals surface area contributed by atoms with Crippen LogP contribution in [0.4, 0.5) is 0 Å². The second-order valence-corrected chi connectivity index (χ2v) is 8.92. The van der Waals surface area contributed by atoms with Crippen LogP contribution >= 0.6 is 0 Å². The van der Waals surface area contributed by atoms with Crippen LogP contribution in [-0.4, -0.2) is 50.5 Å². The van der Waals surface area contributed by atoms with E-state index in [9.17, 15) is 8.42 Å². The molecule has 3 aliphatic rings. The van der Waals surface area contributed by atoms with Crippen LogP contribution in [0.2, 0.25) is 0 Å². The van der Waals surface area contributed by atoms with E-state index in [1.165, 1.54) is 19.3 Å². The number of hydrogen-bond acceptors (Lipinski definition) is 4. The molecule has 0 radical (unpaired) electrons. The topological polar surface area (TPSA) is 63.4 Å². The Balaban J connectivity index is 1.53. The van der Waals surface area contributed by atoms with Crippen molar-refractivity contribution in [3.05, 3.63) is 0 Å². The zero-order valence-electron chi connectivity index (χ0n) is 11.0. The van der Waals surface area contributed by atoms with Crippen molar-refractivity contribution in [1.29, 1.82) is 0 Å². The zero-order valence-corrected chi connectivity index (χ0v) is 11.8. The highest BCUT2D eigenvalue weighted by Gasteiger charge is 2.48. The molecule has 104 valence electrons. The van der Waals surface area contributed by atoms with Gasteiger partial charge < -0.3 is 10.6 Å². The molecule has 5 heteroatoms. The van der Waals surface area contributed by atoms with E-state index in [-0.39, 0.29) is 0 Å². The van der Waals surface area contributed by atoms with Crippen LogP contribution in [-0.2, 0) is 9.84 Å². The minimum Gasteiger partial charge on any atom is -0.326 e. The molecule has 2 saturated heterocycles. The third kappa shape index (κ3) is 2.32. The maximum atomic E-state index is 11.4. The van der Waals surface area contributed by atoms with E-state index in [0.29, 0.717) is 28.9 Å². The maximum Gasteiger partial charge on any atom is 0.150 e. The SMILES string of the molecule is NC1CN(CC2CCS(=O)(=O)CC2)CC12CCC2. The van der Waals surface area contributed by atoms with E-state index in [0.717, 1.165) is 32.5 Å². The Bertz CT molecular complexity index is 403. The fourth-order valence-corrected chi connectivity index (χ4v) is 5.47. The second kappa shape index (κ2) is 4.46. The van der Waals surface area contributed by atoms with E-state index in [2.05, 4.69) is 4.90 Å². The van der Waals surface area contributed by atoms with E-state index in [1.807, 2.05) is 0 Å². The van der Waals surface area contributed by atoms with Gasteiger partial charge in [-0.25, -0.2) is 8.42 Å². The van der Waals surface area contributed by atoms with Gasteiger partial charge in [0.2, 0.25) is 0 Å². The van der Waals surface area contributed by atoms with Gasteiger partial charge in [0.25, 0.3) is 0 Å². The lowest BCUT2D eigenvalue weighted by Crippen LogP contribution is -2.45. The predicted octanol–water partition coefficient (Wildman–Crippen LogP) is 0.624. The molecule has 0 amide bonds. The predicted molar refractivity (Wildman–Crippen MR) is 72.1 cm³/mol. The first-order valence-corrected chi connectivity index (χ1v) is 9.00. The van der Waals surface area contributed by atoms with Gasteiger partial charge in [0.1, 0.15) is 9.84 Å². The number of nitrogens with two attached hydrogens (primary N) is 1. The minimum absolute atomic E-state index is 0.346. The molecule has 0 aromatic heterocycles. The van der Waals surface area contributed by atoms with Gasteiger partial charge in [-0.2, -0.15) is 0 Å². The summed E-state index contributed by atoms with van der Waals surface area (Å²) in [5.41, 5.74) is 6.69. The van der Waals surface area contributed by atoms with Crippen LogP contribution in [0.25, 0.3) is 0 Å². The molecular weight excluding hydrogens is 248 g/mol. The summed E-state index contributed by atoms with van der Waals surface area (Å²) >= 11 is 0. The van der Waals surface area contributed by atoms with E-state index >= 15 is 0 Å². The lowest BCUT2D eigenvalue weighted by molar-refractivity contribution is 0.118. The first-order chi connectivity index (χ1) is 8.49. The quantitative estimate of drug-likeness (QED) is 0.800. The molecule has 4 nitrogen and oxygen atoms in total. The average Bonchev–Trinajstić information content (AvgIpc) is 2.58. The fraction of sp³-hybridized carbons (Fsp3) is 1.00.